The topological polar surface area (TPSA) is 64.6 Å². The predicted octanol–water partition coefficient (Wildman–Crippen LogP) is 1.93. The lowest BCUT2D eigenvalue weighted by Gasteiger charge is -2.15. The average molecular weight is 249 g/mol. The van der Waals surface area contributed by atoms with Crippen LogP contribution in [0.3, 0.4) is 0 Å². The van der Waals surface area contributed by atoms with Crippen LogP contribution in [0.5, 0.6) is 11.5 Å². The molecule has 96 valence electrons. The Labute approximate surface area is 105 Å². The van der Waals surface area contributed by atoms with Crippen molar-refractivity contribution in [3.63, 3.8) is 0 Å². The van der Waals surface area contributed by atoms with E-state index < -0.39 is 11.7 Å². The Hall–Kier alpha value is -2.04. The van der Waals surface area contributed by atoms with Crippen LogP contribution < -0.4 is 14.8 Å². The molecule has 1 N–H and O–H groups in total. The lowest BCUT2D eigenvalue weighted by Crippen LogP contribution is -2.12. The van der Waals surface area contributed by atoms with Crippen molar-refractivity contribution in [2.45, 2.75) is 20.8 Å². The van der Waals surface area contributed by atoms with Crippen molar-refractivity contribution in [2.24, 2.45) is 0 Å². The third-order valence-electron chi connectivity index (χ3n) is 2.70. The van der Waals surface area contributed by atoms with Crippen molar-refractivity contribution >= 4 is 17.4 Å². The van der Waals surface area contributed by atoms with E-state index in [1.807, 2.05) is 13.8 Å². The summed E-state index contributed by atoms with van der Waals surface area (Å²) >= 11 is 0. The molecule has 0 aromatic heterocycles. The summed E-state index contributed by atoms with van der Waals surface area (Å²) in [7, 11) is 0. The molecule has 0 unspecified atom stereocenters. The highest BCUT2D eigenvalue weighted by Gasteiger charge is 2.34. The first-order valence-corrected chi connectivity index (χ1v) is 5.89. The Balaban J connectivity index is 2.62. The molecular formula is C13H15NO4. The fourth-order valence-electron chi connectivity index (χ4n) is 2.01. The first-order valence-electron chi connectivity index (χ1n) is 5.89. The van der Waals surface area contributed by atoms with Crippen LogP contribution >= 0.6 is 0 Å². The summed E-state index contributed by atoms with van der Waals surface area (Å²) in [5.41, 5.74) is 1.52. The number of nitrogens with one attached hydrogen (secondary N) is 1. The van der Waals surface area contributed by atoms with Crippen molar-refractivity contribution in [2.75, 3.05) is 18.5 Å². The highest BCUT2D eigenvalue weighted by Crippen LogP contribution is 2.43. The number of carbonyl (C=O) groups is 2. The molecule has 0 atom stereocenters. The summed E-state index contributed by atoms with van der Waals surface area (Å²) in [6, 6.07) is 1.73. The summed E-state index contributed by atoms with van der Waals surface area (Å²) in [5, 5.41) is 2.55. The molecule has 18 heavy (non-hydrogen) atoms. The van der Waals surface area contributed by atoms with Crippen LogP contribution in [-0.4, -0.2) is 24.9 Å². The van der Waals surface area contributed by atoms with Gasteiger partial charge in [0.05, 0.1) is 24.5 Å². The standard InChI is InChI=1S/C13H15NO4/c1-4-17-8-6-7(3)9-10(12(8)18-5-2)14-13(16)11(9)15/h6H,4-5H2,1-3H3,(H,14,15,16). The molecule has 1 aliphatic heterocycles. The number of rotatable bonds is 4. The Morgan fingerprint density at radius 1 is 1.17 bits per heavy atom. The van der Waals surface area contributed by atoms with Crippen molar-refractivity contribution in [1.82, 2.24) is 0 Å². The van der Waals surface area contributed by atoms with Gasteiger partial charge in [-0.25, -0.2) is 0 Å². The van der Waals surface area contributed by atoms with Gasteiger partial charge in [0.2, 0.25) is 0 Å². The van der Waals surface area contributed by atoms with E-state index in [2.05, 4.69) is 5.32 Å². The molecule has 1 amide bonds. The quantitative estimate of drug-likeness (QED) is 0.828. The zero-order valence-electron chi connectivity index (χ0n) is 10.6. The zero-order valence-corrected chi connectivity index (χ0v) is 10.6. The number of Topliss-reactive ketones (excluding diaryl/α,β-unsaturated/α-hetero) is 1. The van der Waals surface area contributed by atoms with Gasteiger partial charge in [-0.1, -0.05) is 0 Å². The monoisotopic (exact) mass is 249 g/mol. The lowest BCUT2D eigenvalue weighted by molar-refractivity contribution is -0.112. The molecule has 1 heterocycles. The minimum Gasteiger partial charge on any atom is -0.490 e. The summed E-state index contributed by atoms with van der Waals surface area (Å²) in [6.45, 7) is 6.39. The van der Waals surface area contributed by atoms with Crippen LogP contribution in [0, 0.1) is 6.92 Å². The van der Waals surface area contributed by atoms with E-state index in [0.717, 1.165) is 0 Å². The van der Waals surface area contributed by atoms with E-state index in [1.54, 1.807) is 13.0 Å². The maximum absolute atomic E-state index is 11.7. The molecule has 2 rings (SSSR count). The highest BCUT2D eigenvalue weighted by molar-refractivity contribution is 6.52. The molecular weight excluding hydrogens is 234 g/mol. The van der Waals surface area contributed by atoms with Crippen LogP contribution in [-0.2, 0) is 4.79 Å². The number of hydrogen-bond acceptors (Lipinski definition) is 4. The van der Waals surface area contributed by atoms with Gasteiger partial charge in [-0.2, -0.15) is 0 Å². The molecule has 0 fully saturated rings. The van der Waals surface area contributed by atoms with Crippen LogP contribution in [0.15, 0.2) is 6.07 Å². The van der Waals surface area contributed by atoms with Crippen LogP contribution in [0.4, 0.5) is 5.69 Å². The number of carbonyl (C=O) groups excluding carboxylic acids is 2. The summed E-state index contributed by atoms with van der Waals surface area (Å²) < 4.78 is 11.0. The minimum atomic E-state index is -0.622. The van der Waals surface area contributed by atoms with Gasteiger partial charge in [-0.05, 0) is 32.4 Å². The number of anilines is 1. The number of ketones is 1. The number of benzene rings is 1. The molecule has 0 aliphatic carbocycles. The normalized spacial score (nSPS) is 13.3. The molecule has 0 radical (unpaired) electrons. The van der Waals surface area contributed by atoms with Crippen molar-refractivity contribution in [3.8, 4) is 11.5 Å². The Kier molecular flexibility index (Phi) is 3.23. The number of amides is 1. The van der Waals surface area contributed by atoms with E-state index in [-0.39, 0.29) is 0 Å². The molecule has 5 nitrogen and oxygen atoms in total. The van der Waals surface area contributed by atoms with Crippen LogP contribution in [0.2, 0.25) is 0 Å². The fraction of sp³-hybridized carbons (Fsp3) is 0.385. The SMILES string of the molecule is CCOc1cc(C)c2c(c1OCC)NC(=O)C2=O. The largest absolute Gasteiger partial charge is 0.490 e. The second-order valence-electron chi connectivity index (χ2n) is 3.92. The number of fused-ring (bicyclic) bond motifs is 1. The van der Waals surface area contributed by atoms with Gasteiger partial charge < -0.3 is 14.8 Å². The second kappa shape index (κ2) is 4.68. The van der Waals surface area contributed by atoms with Gasteiger partial charge in [0.1, 0.15) is 0 Å². The summed E-state index contributed by atoms with van der Waals surface area (Å²) in [6.07, 6.45) is 0. The number of hydrogen-bond donors (Lipinski definition) is 1. The Morgan fingerprint density at radius 3 is 2.44 bits per heavy atom. The van der Waals surface area contributed by atoms with E-state index in [0.29, 0.717) is 41.5 Å². The average Bonchev–Trinajstić information content (AvgIpc) is 2.62. The minimum absolute atomic E-state index is 0.381. The lowest BCUT2D eigenvalue weighted by atomic mass is 10.0. The summed E-state index contributed by atoms with van der Waals surface area (Å²) in [5.74, 6) is -0.168. The maximum Gasteiger partial charge on any atom is 0.296 e. The van der Waals surface area contributed by atoms with Gasteiger partial charge in [-0.15, -0.1) is 0 Å². The van der Waals surface area contributed by atoms with Gasteiger partial charge in [0.15, 0.2) is 11.5 Å². The molecule has 0 spiro atoms. The smallest absolute Gasteiger partial charge is 0.296 e. The highest BCUT2D eigenvalue weighted by atomic mass is 16.5. The van der Waals surface area contributed by atoms with Gasteiger partial charge >= 0.3 is 0 Å². The maximum atomic E-state index is 11.7. The van der Waals surface area contributed by atoms with E-state index in [1.165, 1.54) is 0 Å². The molecule has 1 aromatic rings. The van der Waals surface area contributed by atoms with Gasteiger partial charge in [0, 0.05) is 0 Å². The van der Waals surface area contributed by atoms with Crippen LogP contribution in [0.1, 0.15) is 29.8 Å². The third-order valence-corrected chi connectivity index (χ3v) is 2.70. The predicted molar refractivity (Wildman–Crippen MR) is 66.5 cm³/mol. The van der Waals surface area contributed by atoms with Crippen molar-refractivity contribution in [3.05, 3.63) is 17.2 Å². The Bertz CT molecular complexity index is 522. The third kappa shape index (κ3) is 1.81. The molecule has 0 bridgehead atoms. The van der Waals surface area contributed by atoms with Crippen LogP contribution in [0.25, 0.3) is 0 Å². The van der Waals surface area contributed by atoms with Gasteiger partial charge in [-0.3, -0.25) is 9.59 Å². The number of aryl methyl sites for hydroxylation is 1. The number of ether oxygens (including phenoxy) is 2. The Morgan fingerprint density at radius 2 is 1.83 bits per heavy atom. The van der Waals surface area contributed by atoms with Gasteiger partial charge in [0.25, 0.3) is 11.7 Å². The first kappa shape index (κ1) is 12.4. The second-order valence-corrected chi connectivity index (χ2v) is 3.92. The van der Waals surface area contributed by atoms with Crippen molar-refractivity contribution < 1.29 is 19.1 Å². The molecule has 0 saturated carbocycles. The fourth-order valence-corrected chi connectivity index (χ4v) is 2.01. The first-order chi connectivity index (χ1) is 8.60. The molecule has 5 heteroatoms. The molecule has 1 aromatic carbocycles. The van der Waals surface area contributed by atoms with E-state index in [9.17, 15) is 9.59 Å². The van der Waals surface area contributed by atoms with E-state index >= 15 is 0 Å². The zero-order chi connectivity index (χ0) is 13.3. The molecule has 1 aliphatic rings. The van der Waals surface area contributed by atoms with Crippen molar-refractivity contribution in [1.29, 1.82) is 0 Å². The van der Waals surface area contributed by atoms with E-state index in [4.69, 9.17) is 9.47 Å². The molecule has 0 saturated heterocycles. The summed E-state index contributed by atoms with van der Waals surface area (Å²) in [4.78, 5) is 23.2.